The standard InChI is InChI=1S/C18H20N2O4S3/c1-20(2)11-19-27(22,23)17-10-15-16(21)9-14(25-18(15)26-17)8-12-4-6-13(24-3)7-5-12/h4-7,9-11,18,21H,8H2,1-3H3. The van der Waals surface area contributed by atoms with Crippen LogP contribution in [0.3, 0.4) is 0 Å². The highest BCUT2D eigenvalue weighted by molar-refractivity contribution is 8.27. The summed E-state index contributed by atoms with van der Waals surface area (Å²) in [4.78, 5) is 2.54. The van der Waals surface area contributed by atoms with Gasteiger partial charge in [0, 0.05) is 26.1 Å². The summed E-state index contributed by atoms with van der Waals surface area (Å²) in [6, 6.07) is 7.73. The maximum Gasteiger partial charge on any atom is 0.289 e. The molecule has 9 heteroatoms. The van der Waals surface area contributed by atoms with Crippen LogP contribution in [-0.2, 0) is 16.4 Å². The van der Waals surface area contributed by atoms with Gasteiger partial charge in [-0.05, 0) is 34.8 Å². The molecule has 0 saturated carbocycles. The van der Waals surface area contributed by atoms with Crippen LogP contribution in [0.25, 0.3) is 0 Å². The lowest BCUT2D eigenvalue weighted by Gasteiger charge is -2.19. The predicted octanol–water partition coefficient (Wildman–Crippen LogP) is 3.51. The van der Waals surface area contributed by atoms with Crippen molar-refractivity contribution in [3.05, 3.63) is 62.5 Å². The molecule has 0 amide bonds. The zero-order valence-electron chi connectivity index (χ0n) is 15.1. The Bertz CT molecular complexity index is 945. The smallest absolute Gasteiger partial charge is 0.289 e. The predicted molar refractivity (Wildman–Crippen MR) is 113 cm³/mol. The van der Waals surface area contributed by atoms with Crippen LogP contribution >= 0.6 is 23.5 Å². The molecule has 1 aromatic rings. The Kier molecular flexibility index (Phi) is 5.92. The van der Waals surface area contributed by atoms with Gasteiger partial charge in [-0.1, -0.05) is 23.9 Å². The summed E-state index contributed by atoms with van der Waals surface area (Å²) in [6.07, 6.45) is 5.13. The average Bonchev–Trinajstić information content (AvgIpc) is 3.06. The van der Waals surface area contributed by atoms with Gasteiger partial charge in [0.15, 0.2) is 0 Å². The Labute approximate surface area is 167 Å². The molecule has 1 N–H and O–H groups in total. The van der Waals surface area contributed by atoms with E-state index in [0.29, 0.717) is 12.0 Å². The number of fused-ring (bicyclic) bond motifs is 1. The largest absolute Gasteiger partial charge is 0.508 e. The van der Waals surface area contributed by atoms with Crippen molar-refractivity contribution in [1.82, 2.24) is 4.90 Å². The molecule has 1 unspecified atom stereocenters. The van der Waals surface area contributed by atoms with E-state index in [1.165, 1.54) is 24.2 Å². The van der Waals surface area contributed by atoms with Crippen molar-refractivity contribution in [1.29, 1.82) is 0 Å². The number of hydrogen-bond donors (Lipinski definition) is 1. The average molecular weight is 425 g/mol. The van der Waals surface area contributed by atoms with Crippen LogP contribution in [0.15, 0.2) is 61.3 Å². The number of allylic oxidation sites excluding steroid dienone is 3. The molecule has 1 aromatic carbocycles. The number of thioether (sulfide) groups is 2. The maximum atomic E-state index is 12.4. The zero-order valence-corrected chi connectivity index (χ0v) is 17.6. The van der Waals surface area contributed by atoms with E-state index in [1.54, 1.807) is 43.9 Å². The fraction of sp³-hybridized carbons (Fsp3) is 0.278. The van der Waals surface area contributed by atoms with Crippen molar-refractivity contribution in [2.45, 2.75) is 11.0 Å². The van der Waals surface area contributed by atoms with Gasteiger partial charge in [0.2, 0.25) is 0 Å². The Morgan fingerprint density at radius 1 is 1.22 bits per heavy atom. The third-order valence-electron chi connectivity index (χ3n) is 3.81. The van der Waals surface area contributed by atoms with E-state index in [2.05, 4.69) is 4.40 Å². The first-order valence-corrected chi connectivity index (χ1v) is 11.3. The molecule has 2 heterocycles. The molecule has 6 nitrogen and oxygen atoms in total. The van der Waals surface area contributed by atoms with Gasteiger partial charge >= 0.3 is 0 Å². The first kappa shape index (κ1) is 19.9. The summed E-state index contributed by atoms with van der Waals surface area (Å²) in [6.45, 7) is 0. The molecule has 0 spiro atoms. The van der Waals surface area contributed by atoms with Gasteiger partial charge < -0.3 is 14.7 Å². The molecule has 0 fully saturated rings. The van der Waals surface area contributed by atoms with Gasteiger partial charge in [-0.3, -0.25) is 0 Å². The van der Waals surface area contributed by atoms with Gasteiger partial charge in [-0.2, -0.15) is 8.42 Å². The fourth-order valence-electron chi connectivity index (χ4n) is 2.47. The van der Waals surface area contributed by atoms with E-state index in [0.717, 1.165) is 16.2 Å². The molecule has 3 rings (SSSR count). The third-order valence-corrected chi connectivity index (χ3v) is 8.16. The fourth-order valence-corrected chi connectivity index (χ4v) is 6.86. The van der Waals surface area contributed by atoms with E-state index < -0.39 is 10.0 Å². The number of rotatable bonds is 6. The normalized spacial score (nSPS) is 19.7. The van der Waals surface area contributed by atoms with E-state index in [1.807, 2.05) is 24.3 Å². The Hall–Kier alpha value is -1.84. The molecule has 1 atom stereocenters. The van der Waals surface area contributed by atoms with Crippen LogP contribution in [0.2, 0.25) is 0 Å². The number of hydrogen-bond acceptors (Lipinski definition) is 6. The SMILES string of the molecule is COc1ccc(CC2=CC(O)=C3C=C(S(=O)(=O)N=CN(C)C)SC3S2)cc1. The molecule has 2 aliphatic rings. The van der Waals surface area contributed by atoms with Crippen molar-refractivity contribution >= 4 is 39.9 Å². The van der Waals surface area contributed by atoms with Gasteiger partial charge in [-0.15, -0.1) is 16.2 Å². The van der Waals surface area contributed by atoms with Crippen molar-refractivity contribution in [3.63, 3.8) is 0 Å². The van der Waals surface area contributed by atoms with Crippen LogP contribution < -0.4 is 4.74 Å². The Balaban J connectivity index is 1.78. The number of benzene rings is 1. The first-order valence-electron chi connectivity index (χ1n) is 8.07. The molecule has 0 saturated heterocycles. The molecular weight excluding hydrogens is 404 g/mol. The van der Waals surface area contributed by atoms with Crippen LogP contribution in [0.1, 0.15) is 5.56 Å². The lowest BCUT2D eigenvalue weighted by Crippen LogP contribution is -2.10. The lowest BCUT2D eigenvalue weighted by atomic mass is 10.1. The second-order valence-corrected chi connectivity index (χ2v) is 10.7. The molecule has 2 aliphatic heterocycles. The number of methoxy groups -OCH3 is 1. The number of ether oxygens (including phenoxy) is 1. The summed E-state index contributed by atoms with van der Waals surface area (Å²) >= 11 is 2.75. The minimum atomic E-state index is -3.76. The van der Waals surface area contributed by atoms with Crippen molar-refractivity contribution < 1.29 is 18.3 Å². The molecule has 0 bridgehead atoms. The molecule has 0 radical (unpaired) electrons. The van der Waals surface area contributed by atoms with Crippen LogP contribution in [0, 0.1) is 0 Å². The summed E-state index contributed by atoms with van der Waals surface area (Å²) in [5.74, 6) is 0.897. The second kappa shape index (κ2) is 8.04. The van der Waals surface area contributed by atoms with E-state index in [4.69, 9.17) is 4.74 Å². The van der Waals surface area contributed by atoms with Crippen molar-refractivity contribution in [3.8, 4) is 5.75 Å². The highest BCUT2D eigenvalue weighted by atomic mass is 32.3. The van der Waals surface area contributed by atoms with Crippen molar-refractivity contribution in [2.75, 3.05) is 21.2 Å². The summed E-state index contributed by atoms with van der Waals surface area (Å²) in [5, 5.41) is 10.4. The Morgan fingerprint density at radius 3 is 2.56 bits per heavy atom. The molecular formula is C18H20N2O4S3. The van der Waals surface area contributed by atoms with Gasteiger partial charge in [0.05, 0.1) is 11.7 Å². The summed E-state index contributed by atoms with van der Waals surface area (Å²) in [7, 11) is 1.26. The second-order valence-electron chi connectivity index (χ2n) is 6.17. The molecule has 27 heavy (non-hydrogen) atoms. The van der Waals surface area contributed by atoms with Gasteiger partial charge in [0.25, 0.3) is 10.0 Å². The van der Waals surface area contributed by atoms with Gasteiger partial charge in [-0.25, -0.2) is 0 Å². The summed E-state index contributed by atoms with van der Waals surface area (Å²) < 4.78 is 33.5. The topological polar surface area (TPSA) is 79.2 Å². The van der Waals surface area contributed by atoms with E-state index in [9.17, 15) is 13.5 Å². The van der Waals surface area contributed by atoms with E-state index >= 15 is 0 Å². The number of nitrogens with zero attached hydrogens (tertiary/aromatic N) is 2. The monoisotopic (exact) mass is 424 g/mol. The minimum absolute atomic E-state index is 0.108. The third kappa shape index (κ3) is 4.72. The van der Waals surface area contributed by atoms with E-state index in [-0.39, 0.29) is 14.6 Å². The lowest BCUT2D eigenvalue weighted by molar-refractivity contribution is 0.414. The molecule has 0 aromatic heterocycles. The van der Waals surface area contributed by atoms with Crippen LogP contribution in [-0.4, -0.2) is 50.5 Å². The van der Waals surface area contributed by atoms with Crippen molar-refractivity contribution in [2.24, 2.45) is 4.40 Å². The number of sulfonamides is 1. The van der Waals surface area contributed by atoms with Crippen LogP contribution in [0.5, 0.6) is 5.75 Å². The first-order chi connectivity index (χ1) is 12.8. The quantitative estimate of drug-likeness (QED) is 0.553. The zero-order chi connectivity index (χ0) is 19.6. The molecule has 144 valence electrons. The highest BCUT2D eigenvalue weighted by Crippen LogP contribution is 2.51. The Morgan fingerprint density at radius 2 is 1.93 bits per heavy atom. The summed E-state index contributed by atoms with van der Waals surface area (Å²) in [5.41, 5.74) is 1.70. The van der Waals surface area contributed by atoms with Gasteiger partial charge in [0.1, 0.15) is 22.1 Å². The number of aliphatic hydroxyl groups is 1. The molecule has 0 aliphatic carbocycles. The van der Waals surface area contributed by atoms with Crippen LogP contribution in [0.4, 0.5) is 0 Å². The maximum absolute atomic E-state index is 12.4. The highest BCUT2D eigenvalue weighted by Gasteiger charge is 2.35. The number of aliphatic hydroxyl groups excluding tert-OH is 1. The minimum Gasteiger partial charge on any atom is -0.508 e.